The quantitative estimate of drug-likeness (QED) is 0.832. The van der Waals surface area contributed by atoms with Gasteiger partial charge in [0, 0.05) is 11.3 Å². The highest BCUT2D eigenvalue weighted by molar-refractivity contribution is 6.09. The van der Waals surface area contributed by atoms with Gasteiger partial charge in [-0.1, -0.05) is 36.4 Å². The Bertz CT molecular complexity index is 831. The third-order valence-corrected chi connectivity index (χ3v) is 4.23. The van der Waals surface area contributed by atoms with E-state index in [1.54, 1.807) is 0 Å². The van der Waals surface area contributed by atoms with Gasteiger partial charge in [0.2, 0.25) is 0 Å². The van der Waals surface area contributed by atoms with Crippen LogP contribution in [0.2, 0.25) is 0 Å². The normalized spacial score (nSPS) is 13.7. The van der Waals surface area contributed by atoms with Gasteiger partial charge in [-0.25, -0.2) is 0 Å². The molecule has 0 unspecified atom stereocenters. The van der Waals surface area contributed by atoms with Gasteiger partial charge in [-0.2, -0.15) is 5.10 Å². The standard InChI is InChI=1S/C21H22N2/c1-13-10-15(3)21(16(4)11-13)19-8-7-18(12-14(19)2)20-9-6-17(5)22-23-20/h6-12,22H,5H2,1-4H3. The van der Waals surface area contributed by atoms with Crippen LogP contribution in [0.3, 0.4) is 0 Å². The summed E-state index contributed by atoms with van der Waals surface area (Å²) in [6.07, 6.45) is 3.94. The first-order valence-electron chi connectivity index (χ1n) is 7.85. The second kappa shape index (κ2) is 5.88. The van der Waals surface area contributed by atoms with Gasteiger partial charge in [-0.3, -0.25) is 5.43 Å². The fraction of sp³-hybridized carbons (Fsp3) is 0.190. The fourth-order valence-corrected chi connectivity index (χ4v) is 3.26. The van der Waals surface area contributed by atoms with E-state index in [1.165, 1.54) is 33.4 Å². The highest BCUT2D eigenvalue weighted by atomic mass is 15.3. The topological polar surface area (TPSA) is 24.4 Å². The summed E-state index contributed by atoms with van der Waals surface area (Å²) in [7, 11) is 0. The molecule has 1 heterocycles. The van der Waals surface area contributed by atoms with Gasteiger partial charge in [0.05, 0.1) is 5.71 Å². The predicted octanol–water partition coefficient (Wildman–Crippen LogP) is 4.96. The first kappa shape index (κ1) is 15.3. The lowest BCUT2D eigenvalue weighted by Gasteiger charge is -2.16. The predicted molar refractivity (Wildman–Crippen MR) is 98.8 cm³/mol. The first-order valence-corrected chi connectivity index (χ1v) is 7.85. The molecular formula is C21H22N2. The van der Waals surface area contributed by atoms with Gasteiger partial charge in [0.1, 0.15) is 0 Å². The maximum absolute atomic E-state index is 4.35. The Balaban J connectivity index is 2.04. The van der Waals surface area contributed by atoms with Crippen LogP contribution >= 0.6 is 0 Å². The zero-order chi connectivity index (χ0) is 16.6. The van der Waals surface area contributed by atoms with Crippen LogP contribution in [0, 0.1) is 27.7 Å². The van der Waals surface area contributed by atoms with Gasteiger partial charge in [0.15, 0.2) is 0 Å². The highest BCUT2D eigenvalue weighted by Gasteiger charge is 2.11. The number of nitrogens with zero attached hydrogens (tertiary/aromatic N) is 1. The molecule has 0 atom stereocenters. The molecule has 0 aromatic heterocycles. The summed E-state index contributed by atoms with van der Waals surface area (Å²) in [5.74, 6) is 0. The minimum Gasteiger partial charge on any atom is -0.279 e. The molecule has 1 aliphatic rings. The Morgan fingerprint density at radius 1 is 0.870 bits per heavy atom. The number of aryl methyl sites for hydroxylation is 4. The minimum atomic E-state index is 0.813. The molecule has 1 aliphatic heterocycles. The van der Waals surface area contributed by atoms with E-state index < -0.39 is 0 Å². The van der Waals surface area contributed by atoms with Crippen LogP contribution in [0.5, 0.6) is 0 Å². The van der Waals surface area contributed by atoms with Crippen LogP contribution in [-0.2, 0) is 0 Å². The van der Waals surface area contributed by atoms with Crippen molar-refractivity contribution in [3.05, 3.63) is 82.6 Å². The van der Waals surface area contributed by atoms with Crippen molar-refractivity contribution in [2.24, 2.45) is 5.10 Å². The van der Waals surface area contributed by atoms with Crippen molar-refractivity contribution < 1.29 is 0 Å². The zero-order valence-corrected chi connectivity index (χ0v) is 14.2. The number of hydrogen-bond donors (Lipinski definition) is 1. The molecule has 0 radical (unpaired) electrons. The number of rotatable bonds is 2. The third-order valence-electron chi connectivity index (χ3n) is 4.23. The smallest absolute Gasteiger partial charge is 0.0906 e. The van der Waals surface area contributed by atoms with Gasteiger partial charge in [-0.15, -0.1) is 0 Å². The summed E-state index contributed by atoms with van der Waals surface area (Å²) < 4.78 is 0. The van der Waals surface area contributed by atoms with E-state index in [0.29, 0.717) is 0 Å². The molecular weight excluding hydrogens is 280 g/mol. The van der Waals surface area contributed by atoms with Gasteiger partial charge >= 0.3 is 0 Å². The number of benzene rings is 2. The molecule has 3 rings (SSSR count). The van der Waals surface area contributed by atoms with Crippen molar-refractivity contribution >= 4 is 5.71 Å². The summed E-state index contributed by atoms with van der Waals surface area (Å²) in [4.78, 5) is 0. The van der Waals surface area contributed by atoms with Crippen LogP contribution in [0.25, 0.3) is 11.1 Å². The molecule has 116 valence electrons. The van der Waals surface area contributed by atoms with E-state index in [1.807, 2.05) is 12.2 Å². The van der Waals surface area contributed by atoms with Crippen LogP contribution < -0.4 is 5.43 Å². The minimum absolute atomic E-state index is 0.813. The second-order valence-corrected chi connectivity index (χ2v) is 6.27. The van der Waals surface area contributed by atoms with Crippen molar-refractivity contribution in [2.45, 2.75) is 27.7 Å². The Morgan fingerprint density at radius 3 is 2.13 bits per heavy atom. The zero-order valence-electron chi connectivity index (χ0n) is 14.2. The SMILES string of the molecule is C=C1C=CC(c2ccc(-c3c(C)cc(C)cc3C)c(C)c2)=NN1. The molecule has 0 amide bonds. The maximum atomic E-state index is 4.35. The average molecular weight is 302 g/mol. The number of hydrogen-bond acceptors (Lipinski definition) is 2. The Hall–Kier alpha value is -2.61. The highest BCUT2D eigenvalue weighted by Crippen LogP contribution is 2.31. The summed E-state index contributed by atoms with van der Waals surface area (Å²) in [5, 5.41) is 4.35. The average Bonchev–Trinajstić information content (AvgIpc) is 2.48. The van der Waals surface area contributed by atoms with Crippen LogP contribution in [-0.4, -0.2) is 5.71 Å². The van der Waals surface area contributed by atoms with Crippen molar-refractivity contribution in [1.29, 1.82) is 0 Å². The van der Waals surface area contributed by atoms with Crippen molar-refractivity contribution in [3.8, 4) is 11.1 Å². The second-order valence-electron chi connectivity index (χ2n) is 6.27. The van der Waals surface area contributed by atoms with E-state index in [9.17, 15) is 0 Å². The summed E-state index contributed by atoms with van der Waals surface area (Å²) in [6.45, 7) is 12.5. The summed E-state index contributed by atoms with van der Waals surface area (Å²) in [6, 6.07) is 11.0. The molecule has 2 heteroatoms. The molecule has 1 N–H and O–H groups in total. The van der Waals surface area contributed by atoms with E-state index in [0.717, 1.165) is 17.0 Å². The molecule has 2 nitrogen and oxygen atoms in total. The maximum Gasteiger partial charge on any atom is 0.0906 e. The number of allylic oxidation sites excluding steroid dienone is 2. The first-order chi connectivity index (χ1) is 11.0. The van der Waals surface area contributed by atoms with Crippen molar-refractivity contribution in [3.63, 3.8) is 0 Å². The molecule has 0 saturated heterocycles. The van der Waals surface area contributed by atoms with Crippen LogP contribution in [0.15, 0.2) is 59.9 Å². The number of hydrazone groups is 1. The van der Waals surface area contributed by atoms with Crippen LogP contribution in [0.4, 0.5) is 0 Å². The molecule has 0 aliphatic carbocycles. The molecule has 2 aromatic carbocycles. The lowest BCUT2D eigenvalue weighted by Crippen LogP contribution is -2.12. The molecule has 0 fully saturated rings. The van der Waals surface area contributed by atoms with Gasteiger partial charge in [0.25, 0.3) is 0 Å². The van der Waals surface area contributed by atoms with Gasteiger partial charge in [-0.05, 0) is 73.7 Å². The summed E-state index contributed by atoms with van der Waals surface area (Å²) >= 11 is 0. The molecule has 23 heavy (non-hydrogen) atoms. The van der Waals surface area contributed by atoms with E-state index in [-0.39, 0.29) is 0 Å². The van der Waals surface area contributed by atoms with E-state index >= 15 is 0 Å². The number of nitrogens with one attached hydrogen (secondary N) is 1. The molecule has 0 spiro atoms. The van der Waals surface area contributed by atoms with Crippen molar-refractivity contribution in [1.82, 2.24) is 5.43 Å². The molecule has 0 bridgehead atoms. The molecule has 2 aromatic rings. The van der Waals surface area contributed by atoms with E-state index in [4.69, 9.17) is 0 Å². The Morgan fingerprint density at radius 2 is 1.57 bits per heavy atom. The third kappa shape index (κ3) is 2.98. The largest absolute Gasteiger partial charge is 0.279 e. The van der Waals surface area contributed by atoms with Crippen LogP contribution in [0.1, 0.15) is 27.8 Å². The fourth-order valence-electron chi connectivity index (χ4n) is 3.26. The lowest BCUT2D eigenvalue weighted by atomic mass is 9.90. The molecule has 0 saturated carbocycles. The Labute approximate surface area is 138 Å². The Kier molecular flexibility index (Phi) is 3.91. The monoisotopic (exact) mass is 302 g/mol. The summed E-state index contributed by atoms with van der Waals surface area (Å²) in [5.41, 5.74) is 13.6. The van der Waals surface area contributed by atoms with Gasteiger partial charge < -0.3 is 0 Å². The lowest BCUT2D eigenvalue weighted by molar-refractivity contribution is 0.914. The van der Waals surface area contributed by atoms with E-state index in [2.05, 4.69) is 75.1 Å². The van der Waals surface area contributed by atoms with Crippen molar-refractivity contribution in [2.75, 3.05) is 0 Å².